The zero-order valence-corrected chi connectivity index (χ0v) is 15.3. The van der Waals surface area contributed by atoms with E-state index in [4.69, 9.17) is 9.16 Å². The Balaban J connectivity index is 3.18. The van der Waals surface area contributed by atoms with Gasteiger partial charge in [0.1, 0.15) is 5.75 Å². The van der Waals surface area contributed by atoms with Gasteiger partial charge in [-0.25, -0.2) is 4.79 Å². The lowest BCUT2D eigenvalue weighted by Gasteiger charge is -2.42. The van der Waals surface area contributed by atoms with Crippen molar-refractivity contribution in [3.63, 3.8) is 0 Å². The van der Waals surface area contributed by atoms with E-state index >= 15 is 0 Å². The highest BCUT2D eigenvalue weighted by atomic mass is 28.4. The summed E-state index contributed by atoms with van der Waals surface area (Å²) in [6.45, 7) is 13.5. The molecule has 0 N–H and O–H groups in total. The first-order valence-corrected chi connectivity index (χ1v) is 9.77. The molecule has 1 rings (SSSR count). The van der Waals surface area contributed by atoms with E-state index in [1.807, 2.05) is 12.1 Å². The van der Waals surface area contributed by atoms with Gasteiger partial charge in [0.25, 0.3) is 8.32 Å². The summed E-state index contributed by atoms with van der Waals surface area (Å²) in [6, 6.07) is 7.33. The number of hydrogen-bond donors (Lipinski definition) is 0. The van der Waals surface area contributed by atoms with Gasteiger partial charge in [-0.05, 0) is 34.8 Å². The number of esters is 1. The lowest BCUT2D eigenvalue weighted by atomic mass is 10.2. The van der Waals surface area contributed by atoms with E-state index in [1.54, 1.807) is 12.1 Å². The van der Waals surface area contributed by atoms with Crippen LogP contribution in [0.25, 0.3) is 0 Å². The summed E-state index contributed by atoms with van der Waals surface area (Å²) in [7, 11) is -0.594. The molecule has 0 saturated heterocycles. The molecule has 0 aliphatic heterocycles. The minimum atomic E-state index is -1.99. The Bertz CT molecular complexity index is 459. The van der Waals surface area contributed by atoms with Crippen LogP contribution in [0, 0.1) is 0 Å². The SMILES string of the molecule is COC(=O)c1cccc(O[Si](C(C)C)(C(C)C)C(C)C)c1. The zero-order chi connectivity index (χ0) is 16.2. The number of carbonyl (C=O) groups excluding carboxylic acids is 1. The maximum Gasteiger partial charge on any atom is 0.337 e. The Kier molecular flexibility index (Phi) is 6.02. The second kappa shape index (κ2) is 7.12. The molecule has 0 amide bonds. The van der Waals surface area contributed by atoms with Crippen LogP contribution in [0.3, 0.4) is 0 Å². The molecule has 0 spiro atoms. The summed E-state index contributed by atoms with van der Waals surface area (Å²) in [5.41, 5.74) is 2.03. The van der Waals surface area contributed by atoms with Crippen molar-refractivity contribution in [3.8, 4) is 5.75 Å². The fraction of sp³-hybridized carbons (Fsp3) is 0.588. The van der Waals surface area contributed by atoms with Crippen molar-refractivity contribution in [2.45, 2.75) is 58.2 Å². The van der Waals surface area contributed by atoms with Crippen molar-refractivity contribution in [1.82, 2.24) is 0 Å². The van der Waals surface area contributed by atoms with Crippen LogP contribution >= 0.6 is 0 Å². The third-order valence-corrected chi connectivity index (χ3v) is 10.3. The van der Waals surface area contributed by atoms with Gasteiger partial charge in [0.2, 0.25) is 0 Å². The third kappa shape index (κ3) is 3.67. The Morgan fingerprint density at radius 2 is 1.52 bits per heavy atom. The minimum absolute atomic E-state index is 0.327. The smallest absolute Gasteiger partial charge is 0.337 e. The number of hydrogen-bond acceptors (Lipinski definition) is 3. The first-order chi connectivity index (χ1) is 9.75. The average molecular weight is 308 g/mol. The van der Waals surface area contributed by atoms with Crippen molar-refractivity contribution in [2.75, 3.05) is 7.11 Å². The molecule has 1 aromatic carbocycles. The summed E-state index contributed by atoms with van der Waals surface area (Å²) < 4.78 is 11.3. The Morgan fingerprint density at radius 1 is 1.00 bits per heavy atom. The number of methoxy groups -OCH3 is 1. The molecule has 0 bridgehead atoms. The van der Waals surface area contributed by atoms with Gasteiger partial charge in [0, 0.05) is 0 Å². The second-order valence-corrected chi connectivity index (χ2v) is 11.8. The van der Waals surface area contributed by atoms with Crippen LogP contribution in [0.15, 0.2) is 24.3 Å². The monoisotopic (exact) mass is 308 g/mol. The van der Waals surface area contributed by atoms with Crippen LogP contribution in [0.1, 0.15) is 51.9 Å². The van der Waals surface area contributed by atoms with Crippen LogP contribution < -0.4 is 4.43 Å². The molecule has 118 valence electrons. The Hall–Kier alpha value is -1.29. The zero-order valence-electron chi connectivity index (χ0n) is 14.3. The molecule has 0 aliphatic rings. The molecular weight excluding hydrogens is 280 g/mol. The average Bonchev–Trinajstić information content (AvgIpc) is 2.42. The van der Waals surface area contributed by atoms with Crippen molar-refractivity contribution in [2.24, 2.45) is 0 Å². The highest BCUT2D eigenvalue weighted by molar-refractivity contribution is 6.78. The quantitative estimate of drug-likeness (QED) is 0.546. The van der Waals surface area contributed by atoms with E-state index in [0.29, 0.717) is 22.2 Å². The number of rotatable bonds is 6. The molecule has 0 unspecified atom stereocenters. The first-order valence-electron chi connectivity index (χ1n) is 7.63. The molecule has 0 fully saturated rings. The van der Waals surface area contributed by atoms with Crippen molar-refractivity contribution in [3.05, 3.63) is 29.8 Å². The van der Waals surface area contributed by atoms with E-state index in [0.717, 1.165) is 5.75 Å². The van der Waals surface area contributed by atoms with E-state index in [-0.39, 0.29) is 5.97 Å². The fourth-order valence-electron chi connectivity index (χ4n) is 3.36. The molecule has 4 heteroatoms. The maximum atomic E-state index is 11.7. The van der Waals surface area contributed by atoms with Crippen LogP contribution in [0.2, 0.25) is 16.6 Å². The lowest BCUT2D eigenvalue weighted by Crippen LogP contribution is -2.50. The largest absolute Gasteiger partial charge is 0.543 e. The Morgan fingerprint density at radius 3 is 1.95 bits per heavy atom. The van der Waals surface area contributed by atoms with Crippen LogP contribution in [-0.2, 0) is 4.74 Å². The van der Waals surface area contributed by atoms with Gasteiger partial charge in [-0.2, -0.15) is 0 Å². The number of carbonyl (C=O) groups is 1. The minimum Gasteiger partial charge on any atom is -0.543 e. The Labute approximate surface area is 129 Å². The standard InChI is InChI=1S/C17H28O3Si/c1-12(2)21(13(3)4,14(5)6)20-16-10-8-9-15(11-16)17(18)19-7/h8-14H,1-7H3. The molecule has 0 atom stereocenters. The first kappa shape index (κ1) is 17.8. The normalized spacial score (nSPS) is 12.1. The topological polar surface area (TPSA) is 35.5 Å². The van der Waals surface area contributed by atoms with Crippen molar-refractivity contribution < 1.29 is 14.0 Å². The van der Waals surface area contributed by atoms with Gasteiger partial charge in [0.15, 0.2) is 0 Å². The summed E-state index contributed by atoms with van der Waals surface area (Å²) in [6.07, 6.45) is 0. The van der Waals surface area contributed by atoms with Gasteiger partial charge < -0.3 is 9.16 Å². The molecule has 21 heavy (non-hydrogen) atoms. The predicted molar refractivity (Wildman–Crippen MR) is 89.5 cm³/mol. The van der Waals surface area contributed by atoms with Gasteiger partial charge in [-0.1, -0.05) is 47.6 Å². The summed E-state index contributed by atoms with van der Waals surface area (Å²) in [4.78, 5) is 11.7. The van der Waals surface area contributed by atoms with Crippen molar-refractivity contribution >= 4 is 14.3 Å². The van der Waals surface area contributed by atoms with E-state index in [1.165, 1.54) is 7.11 Å². The molecule has 0 aromatic heterocycles. The number of ether oxygens (including phenoxy) is 1. The summed E-state index contributed by atoms with van der Waals surface area (Å²) >= 11 is 0. The van der Waals surface area contributed by atoms with Gasteiger partial charge in [-0.3, -0.25) is 0 Å². The van der Waals surface area contributed by atoms with Gasteiger partial charge in [-0.15, -0.1) is 0 Å². The van der Waals surface area contributed by atoms with Gasteiger partial charge in [0.05, 0.1) is 12.7 Å². The highest BCUT2D eigenvalue weighted by Gasteiger charge is 2.47. The molecule has 1 aromatic rings. The highest BCUT2D eigenvalue weighted by Crippen LogP contribution is 2.42. The van der Waals surface area contributed by atoms with E-state index < -0.39 is 8.32 Å². The summed E-state index contributed by atoms with van der Waals surface area (Å²) in [5, 5.41) is 0. The molecule has 0 radical (unpaired) electrons. The molecule has 0 saturated carbocycles. The molecule has 0 heterocycles. The van der Waals surface area contributed by atoms with Crippen LogP contribution in [0.5, 0.6) is 5.75 Å². The van der Waals surface area contributed by atoms with Crippen LogP contribution in [-0.4, -0.2) is 21.4 Å². The lowest BCUT2D eigenvalue weighted by molar-refractivity contribution is 0.0600. The van der Waals surface area contributed by atoms with E-state index in [2.05, 4.69) is 41.5 Å². The van der Waals surface area contributed by atoms with Crippen molar-refractivity contribution in [1.29, 1.82) is 0 Å². The predicted octanol–water partition coefficient (Wildman–Crippen LogP) is 5.03. The maximum absolute atomic E-state index is 11.7. The van der Waals surface area contributed by atoms with E-state index in [9.17, 15) is 4.79 Å². The number of benzene rings is 1. The fourth-order valence-corrected chi connectivity index (χ4v) is 8.60. The second-order valence-electron chi connectivity index (χ2n) is 6.44. The van der Waals surface area contributed by atoms with Gasteiger partial charge >= 0.3 is 5.97 Å². The van der Waals surface area contributed by atoms with Crippen LogP contribution in [0.4, 0.5) is 0 Å². The molecule has 0 aliphatic carbocycles. The molecule has 3 nitrogen and oxygen atoms in total. The molecular formula is C17H28O3Si. The summed E-state index contributed by atoms with van der Waals surface area (Å²) in [5.74, 6) is 0.451. The third-order valence-electron chi connectivity index (χ3n) is 4.26.